The third-order valence-corrected chi connectivity index (χ3v) is 3.20. The van der Waals surface area contributed by atoms with Gasteiger partial charge in [-0.15, -0.1) is 0 Å². The molecule has 2 heterocycles. The molecule has 0 aromatic carbocycles. The van der Waals surface area contributed by atoms with Crippen molar-refractivity contribution in [2.24, 2.45) is 0 Å². The van der Waals surface area contributed by atoms with E-state index < -0.39 is 0 Å². The quantitative estimate of drug-likeness (QED) is 0.781. The van der Waals surface area contributed by atoms with Crippen molar-refractivity contribution in [3.05, 3.63) is 17.5 Å². The second-order valence-corrected chi connectivity index (χ2v) is 4.58. The average Bonchev–Trinajstić information content (AvgIpc) is 2.39. The number of morpholine rings is 1. The second kappa shape index (κ2) is 5.60. The summed E-state index contributed by atoms with van der Waals surface area (Å²) in [5, 5.41) is 18.3. The number of nitrogens with zero attached hydrogens (tertiary/aromatic N) is 3. The van der Waals surface area contributed by atoms with Crippen LogP contribution in [0, 0.1) is 6.92 Å². The molecule has 2 N–H and O–H groups in total. The Morgan fingerprint density at radius 3 is 2.89 bits per heavy atom. The number of rotatable bonds is 3. The summed E-state index contributed by atoms with van der Waals surface area (Å²) in [6.07, 6.45) is 1.45. The van der Waals surface area contributed by atoms with Crippen molar-refractivity contribution >= 4 is 5.95 Å². The molecule has 2 atom stereocenters. The van der Waals surface area contributed by atoms with E-state index in [9.17, 15) is 0 Å². The normalized spacial score (nSPS) is 24.3. The highest BCUT2D eigenvalue weighted by Crippen LogP contribution is 2.19. The molecule has 0 aliphatic carbocycles. The van der Waals surface area contributed by atoms with Gasteiger partial charge in [0.1, 0.15) is 0 Å². The van der Waals surface area contributed by atoms with Gasteiger partial charge in [-0.05, 0) is 13.8 Å². The fourth-order valence-corrected chi connectivity index (χ4v) is 1.98. The summed E-state index contributed by atoms with van der Waals surface area (Å²) in [6, 6.07) is 0.173. The van der Waals surface area contributed by atoms with Crippen LogP contribution in [-0.4, -0.2) is 52.1 Å². The first-order valence-corrected chi connectivity index (χ1v) is 6.08. The maximum Gasteiger partial charge on any atom is 0.225 e. The van der Waals surface area contributed by atoms with Crippen molar-refractivity contribution in [1.82, 2.24) is 9.97 Å². The monoisotopic (exact) mass is 253 g/mol. The summed E-state index contributed by atoms with van der Waals surface area (Å²) in [7, 11) is 0. The van der Waals surface area contributed by atoms with Crippen LogP contribution in [0.3, 0.4) is 0 Å². The fraction of sp³-hybridized carbons (Fsp3) is 0.667. The van der Waals surface area contributed by atoms with Crippen LogP contribution in [0.2, 0.25) is 0 Å². The second-order valence-electron chi connectivity index (χ2n) is 4.58. The third-order valence-electron chi connectivity index (χ3n) is 3.20. The van der Waals surface area contributed by atoms with Crippen LogP contribution in [0.15, 0.2) is 6.20 Å². The summed E-state index contributed by atoms with van der Waals surface area (Å²) >= 11 is 0. The van der Waals surface area contributed by atoms with Crippen LogP contribution in [0.4, 0.5) is 5.95 Å². The number of anilines is 1. The standard InChI is InChI=1S/C12H19N3O3/c1-8-7-18-11(6-17)4-15(8)12-13-3-10(5-16)9(2)14-12/h3,8,11,16-17H,4-7H2,1-2H3. The molecular formula is C12H19N3O3. The summed E-state index contributed by atoms with van der Waals surface area (Å²) in [5.41, 5.74) is 1.51. The lowest BCUT2D eigenvalue weighted by atomic mass is 10.2. The van der Waals surface area contributed by atoms with Crippen molar-refractivity contribution in [3.8, 4) is 0 Å². The zero-order chi connectivity index (χ0) is 13.1. The third kappa shape index (κ3) is 2.60. The van der Waals surface area contributed by atoms with Crippen LogP contribution in [-0.2, 0) is 11.3 Å². The minimum atomic E-state index is -0.192. The van der Waals surface area contributed by atoms with Crippen LogP contribution >= 0.6 is 0 Å². The fourth-order valence-electron chi connectivity index (χ4n) is 1.98. The zero-order valence-electron chi connectivity index (χ0n) is 10.7. The molecule has 2 unspecified atom stereocenters. The van der Waals surface area contributed by atoms with Gasteiger partial charge in [-0.3, -0.25) is 0 Å². The Kier molecular flexibility index (Phi) is 4.11. The van der Waals surface area contributed by atoms with E-state index in [4.69, 9.17) is 14.9 Å². The Balaban J connectivity index is 2.21. The molecule has 100 valence electrons. The molecule has 0 saturated carbocycles. The maximum absolute atomic E-state index is 9.15. The molecule has 1 fully saturated rings. The van der Waals surface area contributed by atoms with Gasteiger partial charge in [0.15, 0.2) is 0 Å². The van der Waals surface area contributed by atoms with E-state index in [0.29, 0.717) is 19.1 Å². The Morgan fingerprint density at radius 2 is 2.28 bits per heavy atom. The van der Waals surface area contributed by atoms with E-state index in [1.807, 2.05) is 18.7 Å². The first-order valence-electron chi connectivity index (χ1n) is 6.08. The predicted octanol–water partition coefficient (Wildman–Crippen LogP) is -0.137. The number of hydrogen-bond donors (Lipinski definition) is 2. The largest absolute Gasteiger partial charge is 0.394 e. The van der Waals surface area contributed by atoms with Gasteiger partial charge in [0.25, 0.3) is 0 Å². The topological polar surface area (TPSA) is 78.7 Å². The van der Waals surface area contributed by atoms with Crippen molar-refractivity contribution in [2.45, 2.75) is 32.6 Å². The summed E-state index contributed by atoms with van der Waals surface area (Å²) in [6.45, 7) is 4.96. The van der Waals surface area contributed by atoms with Gasteiger partial charge in [0, 0.05) is 24.0 Å². The molecule has 0 radical (unpaired) electrons. The lowest BCUT2D eigenvalue weighted by molar-refractivity contribution is -0.0108. The van der Waals surface area contributed by atoms with Gasteiger partial charge in [-0.1, -0.05) is 0 Å². The van der Waals surface area contributed by atoms with Crippen LogP contribution in [0.1, 0.15) is 18.2 Å². The van der Waals surface area contributed by atoms with E-state index in [0.717, 1.165) is 11.3 Å². The van der Waals surface area contributed by atoms with Crippen LogP contribution < -0.4 is 4.90 Å². The number of aromatic nitrogens is 2. The first-order chi connectivity index (χ1) is 8.65. The van der Waals surface area contributed by atoms with Crippen LogP contribution in [0.25, 0.3) is 0 Å². The van der Waals surface area contributed by atoms with E-state index in [-0.39, 0.29) is 25.4 Å². The molecule has 18 heavy (non-hydrogen) atoms. The SMILES string of the molecule is Cc1nc(N2CC(CO)OCC2C)ncc1CO. The Bertz CT molecular complexity index is 414. The molecule has 1 aromatic heterocycles. The highest BCUT2D eigenvalue weighted by Gasteiger charge is 2.27. The molecule has 0 bridgehead atoms. The smallest absolute Gasteiger partial charge is 0.225 e. The van der Waals surface area contributed by atoms with Gasteiger partial charge in [-0.25, -0.2) is 9.97 Å². The maximum atomic E-state index is 9.15. The summed E-state index contributed by atoms with van der Waals surface area (Å²) < 4.78 is 5.48. The molecule has 1 saturated heterocycles. The van der Waals surface area contributed by atoms with Gasteiger partial charge in [-0.2, -0.15) is 0 Å². The lowest BCUT2D eigenvalue weighted by Crippen LogP contribution is -2.50. The van der Waals surface area contributed by atoms with Crippen LogP contribution in [0.5, 0.6) is 0 Å². The Morgan fingerprint density at radius 1 is 1.50 bits per heavy atom. The van der Waals surface area contributed by atoms with Crippen molar-refractivity contribution in [2.75, 3.05) is 24.7 Å². The van der Waals surface area contributed by atoms with Gasteiger partial charge >= 0.3 is 0 Å². The van der Waals surface area contributed by atoms with E-state index >= 15 is 0 Å². The van der Waals surface area contributed by atoms with Gasteiger partial charge in [0.2, 0.25) is 5.95 Å². The van der Waals surface area contributed by atoms with Crippen molar-refractivity contribution in [1.29, 1.82) is 0 Å². The van der Waals surface area contributed by atoms with E-state index in [2.05, 4.69) is 9.97 Å². The average molecular weight is 253 g/mol. The first kappa shape index (κ1) is 13.2. The molecule has 1 aromatic rings. The molecule has 1 aliphatic heterocycles. The number of aryl methyl sites for hydroxylation is 1. The predicted molar refractivity (Wildman–Crippen MR) is 66.3 cm³/mol. The highest BCUT2D eigenvalue weighted by molar-refractivity contribution is 5.35. The lowest BCUT2D eigenvalue weighted by Gasteiger charge is -2.37. The zero-order valence-corrected chi connectivity index (χ0v) is 10.7. The van der Waals surface area contributed by atoms with E-state index in [1.165, 1.54) is 0 Å². The van der Waals surface area contributed by atoms with Gasteiger partial charge in [0.05, 0.1) is 32.0 Å². The van der Waals surface area contributed by atoms with Crippen molar-refractivity contribution in [3.63, 3.8) is 0 Å². The molecule has 6 heteroatoms. The minimum absolute atomic E-state index is 0.00305. The van der Waals surface area contributed by atoms with Gasteiger partial charge < -0.3 is 19.8 Å². The molecule has 1 aliphatic rings. The Labute approximate surface area is 106 Å². The van der Waals surface area contributed by atoms with Crippen molar-refractivity contribution < 1.29 is 14.9 Å². The highest BCUT2D eigenvalue weighted by atomic mass is 16.5. The number of ether oxygens (including phenoxy) is 1. The molecular weight excluding hydrogens is 234 g/mol. The molecule has 2 rings (SSSR count). The number of hydrogen-bond acceptors (Lipinski definition) is 6. The number of aliphatic hydroxyl groups excluding tert-OH is 2. The minimum Gasteiger partial charge on any atom is -0.394 e. The summed E-state index contributed by atoms with van der Waals surface area (Å²) in [4.78, 5) is 10.7. The van der Waals surface area contributed by atoms with E-state index in [1.54, 1.807) is 6.20 Å². The molecule has 0 spiro atoms. The summed E-state index contributed by atoms with van der Waals surface area (Å²) in [5.74, 6) is 0.624. The number of aliphatic hydroxyl groups is 2. The Hall–Kier alpha value is -1.24. The molecule has 6 nitrogen and oxygen atoms in total. The molecule has 0 amide bonds.